The third-order valence-corrected chi connectivity index (χ3v) is 4.64. The van der Waals surface area contributed by atoms with Crippen LogP contribution >= 0.6 is 34.5 Å². The number of rotatable bonds is 5. The summed E-state index contributed by atoms with van der Waals surface area (Å²) in [7, 11) is 0. The van der Waals surface area contributed by atoms with Crippen molar-refractivity contribution in [3.63, 3.8) is 0 Å². The number of nitro benzene ring substituents is 1. The molecule has 3 rings (SSSR count). The molecule has 0 fully saturated rings. The number of halogens is 2. The van der Waals surface area contributed by atoms with Crippen LogP contribution in [-0.2, 0) is 4.79 Å². The predicted molar refractivity (Wildman–Crippen MR) is 105 cm³/mol. The summed E-state index contributed by atoms with van der Waals surface area (Å²) in [6.07, 6.45) is 0. The zero-order chi connectivity index (χ0) is 19.6. The van der Waals surface area contributed by atoms with Crippen LogP contribution in [0.15, 0.2) is 41.8 Å². The van der Waals surface area contributed by atoms with Crippen LogP contribution in [0.5, 0.6) is 11.5 Å². The number of amides is 1. The summed E-state index contributed by atoms with van der Waals surface area (Å²) in [4.78, 5) is 26.2. The minimum Gasteiger partial charge on any atom is -0.456 e. The maximum absolute atomic E-state index is 11.4. The second-order valence-electron chi connectivity index (χ2n) is 5.33. The van der Waals surface area contributed by atoms with Gasteiger partial charge in [0, 0.05) is 23.4 Å². The summed E-state index contributed by atoms with van der Waals surface area (Å²) in [6.45, 7) is 1.36. The van der Waals surface area contributed by atoms with Crippen molar-refractivity contribution in [3.8, 4) is 22.8 Å². The third kappa shape index (κ3) is 4.54. The van der Waals surface area contributed by atoms with E-state index in [0.29, 0.717) is 32.4 Å². The Bertz CT molecular complexity index is 1040. The van der Waals surface area contributed by atoms with E-state index in [1.54, 1.807) is 17.5 Å². The molecule has 1 aromatic heterocycles. The SMILES string of the molecule is CC(=O)Nc1nc(-c2cc(Oc3ccc(Cl)cc3Cl)ccc2[N+](=O)[O-])cs1. The molecule has 1 heterocycles. The Kier molecular flexibility index (Phi) is 5.59. The molecule has 3 aromatic rings. The van der Waals surface area contributed by atoms with Crippen molar-refractivity contribution >= 4 is 51.3 Å². The van der Waals surface area contributed by atoms with E-state index in [1.807, 2.05) is 0 Å². The molecule has 0 spiro atoms. The molecule has 138 valence electrons. The maximum atomic E-state index is 11.4. The van der Waals surface area contributed by atoms with Crippen LogP contribution in [0.2, 0.25) is 10.0 Å². The van der Waals surface area contributed by atoms with E-state index in [-0.39, 0.29) is 17.2 Å². The number of nitro groups is 1. The molecule has 0 unspecified atom stereocenters. The predicted octanol–water partition coefficient (Wildman–Crippen LogP) is 5.78. The van der Waals surface area contributed by atoms with Crippen molar-refractivity contribution in [2.45, 2.75) is 6.92 Å². The Morgan fingerprint density at radius 2 is 2.04 bits per heavy atom. The zero-order valence-electron chi connectivity index (χ0n) is 13.7. The first-order chi connectivity index (χ1) is 12.8. The van der Waals surface area contributed by atoms with Crippen molar-refractivity contribution in [2.75, 3.05) is 5.32 Å². The summed E-state index contributed by atoms with van der Waals surface area (Å²) < 4.78 is 5.73. The van der Waals surface area contributed by atoms with Gasteiger partial charge in [-0.2, -0.15) is 0 Å². The van der Waals surface area contributed by atoms with Crippen LogP contribution in [0.3, 0.4) is 0 Å². The first-order valence-electron chi connectivity index (χ1n) is 7.48. The van der Waals surface area contributed by atoms with E-state index in [4.69, 9.17) is 27.9 Å². The highest BCUT2D eigenvalue weighted by molar-refractivity contribution is 7.14. The van der Waals surface area contributed by atoms with Gasteiger partial charge in [0.15, 0.2) is 5.13 Å². The van der Waals surface area contributed by atoms with Crippen LogP contribution < -0.4 is 10.1 Å². The van der Waals surface area contributed by atoms with Gasteiger partial charge in [-0.05, 0) is 30.3 Å². The average molecular weight is 424 g/mol. The summed E-state index contributed by atoms with van der Waals surface area (Å²) >= 11 is 13.1. The molecule has 7 nitrogen and oxygen atoms in total. The van der Waals surface area contributed by atoms with E-state index in [2.05, 4.69) is 10.3 Å². The van der Waals surface area contributed by atoms with Crippen molar-refractivity contribution in [3.05, 3.63) is 61.9 Å². The first-order valence-corrected chi connectivity index (χ1v) is 9.12. The van der Waals surface area contributed by atoms with Gasteiger partial charge >= 0.3 is 0 Å². The number of anilines is 1. The van der Waals surface area contributed by atoms with Gasteiger partial charge in [0.05, 0.1) is 21.2 Å². The van der Waals surface area contributed by atoms with Crippen LogP contribution in [-0.4, -0.2) is 15.8 Å². The molecule has 27 heavy (non-hydrogen) atoms. The number of nitrogens with zero attached hydrogens (tertiary/aromatic N) is 2. The van der Waals surface area contributed by atoms with E-state index in [1.165, 1.54) is 31.2 Å². The fourth-order valence-electron chi connectivity index (χ4n) is 2.23. The lowest BCUT2D eigenvalue weighted by atomic mass is 10.1. The van der Waals surface area contributed by atoms with Crippen molar-refractivity contribution in [1.82, 2.24) is 4.98 Å². The lowest BCUT2D eigenvalue weighted by molar-refractivity contribution is -0.384. The average Bonchev–Trinajstić information content (AvgIpc) is 3.04. The second-order valence-corrected chi connectivity index (χ2v) is 7.03. The lowest BCUT2D eigenvalue weighted by Crippen LogP contribution is -2.05. The number of aromatic nitrogens is 1. The van der Waals surface area contributed by atoms with Gasteiger partial charge in [0.1, 0.15) is 11.5 Å². The van der Waals surface area contributed by atoms with Crippen LogP contribution in [0.4, 0.5) is 10.8 Å². The van der Waals surface area contributed by atoms with E-state index >= 15 is 0 Å². The number of thiazole rings is 1. The third-order valence-electron chi connectivity index (χ3n) is 3.35. The highest BCUT2D eigenvalue weighted by Gasteiger charge is 2.19. The molecule has 0 aliphatic carbocycles. The van der Waals surface area contributed by atoms with E-state index in [9.17, 15) is 14.9 Å². The number of hydrogen-bond donors (Lipinski definition) is 1. The van der Waals surface area contributed by atoms with E-state index in [0.717, 1.165) is 11.3 Å². The minimum atomic E-state index is -0.508. The van der Waals surface area contributed by atoms with Gasteiger partial charge in [-0.15, -0.1) is 11.3 Å². The summed E-state index contributed by atoms with van der Waals surface area (Å²) in [6, 6.07) is 9.04. The number of nitrogens with one attached hydrogen (secondary N) is 1. The fourth-order valence-corrected chi connectivity index (χ4v) is 3.44. The fraction of sp³-hybridized carbons (Fsp3) is 0.0588. The lowest BCUT2D eigenvalue weighted by Gasteiger charge is -2.09. The highest BCUT2D eigenvalue weighted by Crippen LogP contribution is 2.38. The molecular formula is C17H11Cl2N3O4S. The monoisotopic (exact) mass is 423 g/mol. The Morgan fingerprint density at radius 3 is 2.70 bits per heavy atom. The number of carbonyl (C=O) groups excluding carboxylic acids is 1. The number of ether oxygens (including phenoxy) is 1. The number of hydrogen-bond acceptors (Lipinski definition) is 6. The van der Waals surface area contributed by atoms with Crippen LogP contribution in [0, 0.1) is 10.1 Å². The van der Waals surface area contributed by atoms with Gasteiger partial charge < -0.3 is 10.1 Å². The van der Waals surface area contributed by atoms with Gasteiger partial charge in [-0.1, -0.05) is 23.2 Å². The zero-order valence-corrected chi connectivity index (χ0v) is 16.1. The summed E-state index contributed by atoms with van der Waals surface area (Å²) in [5.74, 6) is 0.423. The molecule has 0 atom stereocenters. The summed E-state index contributed by atoms with van der Waals surface area (Å²) in [5.41, 5.74) is 0.475. The van der Waals surface area contributed by atoms with Gasteiger partial charge in [0.25, 0.3) is 5.69 Å². The minimum absolute atomic E-state index is 0.135. The molecule has 0 saturated carbocycles. The smallest absolute Gasteiger partial charge is 0.279 e. The standard InChI is InChI=1S/C17H11Cl2N3O4S/c1-9(23)20-17-21-14(8-27-17)12-7-11(3-4-15(12)22(24)25)26-16-5-2-10(18)6-13(16)19/h2-8H,1H3,(H,20,21,23). The molecule has 0 saturated heterocycles. The van der Waals surface area contributed by atoms with Crippen LogP contribution in [0.25, 0.3) is 11.3 Å². The molecule has 1 amide bonds. The molecule has 1 N–H and O–H groups in total. The second kappa shape index (κ2) is 7.91. The largest absolute Gasteiger partial charge is 0.456 e. The van der Waals surface area contributed by atoms with Crippen molar-refractivity contribution in [2.24, 2.45) is 0 Å². The molecule has 10 heteroatoms. The van der Waals surface area contributed by atoms with Crippen molar-refractivity contribution < 1.29 is 14.5 Å². The number of carbonyl (C=O) groups is 1. The maximum Gasteiger partial charge on any atom is 0.279 e. The summed E-state index contributed by atoms with van der Waals surface area (Å²) in [5, 5.41) is 16.7. The molecular weight excluding hydrogens is 413 g/mol. The molecule has 0 radical (unpaired) electrons. The highest BCUT2D eigenvalue weighted by atomic mass is 35.5. The molecule has 0 aliphatic rings. The van der Waals surface area contributed by atoms with Crippen LogP contribution in [0.1, 0.15) is 6.92 Å². The van der Waals surface area contributed by atoms with Crippen molar-refractivity contribution in [1.29, 1.82) is 0 Å². The molecule has 0 aliphatic heterocycles. The number of benzene rings is 2. The molecule has 0 bridgehead atoms. The molecule has 2 aromatic carbocycles. The topological polar surface area (TPSA) is 94.4 Å². The van der Waals surface area contributed by atoms with Gasteiger partial charge in [0.2, 0.25) is 5.91 Å². The first kappa shape index (κ1) is 19.1. The Morgan fingerprint density at radius 1 is 1.26 bits per heavy atom. The normalized spacial score (nSPS) is 10.5. The van der Waals surface area contributed by atoms with E-state index < -0.39 is 4.92 Å². The van der Waals surface area contributed by atoms with Gasteiger partial charge in [-0.3, -0.25) is 14.9 Å². The Labute approximate surface area is 167 Å². The van der Waals surface area contributed by atoms with Gasteiger partial charge in [-0.25, -0.2) is 4.98 Å². The Balaban J connectivity index is 1.99. The quantitative estimate of drug-likeness (QED) is 0.414. The Hall–Kier alpha value is -2.68.